The average Bonchev–Trinajstić information content (AvgIpc) is 3.05. The van der Waals surface area contributed by atoms with E-state index in [2.05, 4.69) is 15.0 Å². The van der Waals surface area contributed by atoms with Crippen molar-refractivity contribution >= 4 is 27.5 Å². The van der Waals surface area contributed by atoms with Crippen LogP contribution in [0.3, 0.4) is 0 Å². The van der Waals surface area contributed by atoms with Crippen molar-refractivity contribution in [1.29, 1.82) is 0 Å². The second-order valence-electron chi connectivity index (χ2n) is 5.11. The minimum Gasteiger partial charge on any atom is -0.356 e. The summed E-state index contributed by atoms with van der Waals surface area (Å²) in [6.07, 6.45) is 6.13. The summed E-state index contributed by atoms with van der Waals surface area (Å²) in [6, 6.07) is 5.84. The van der Waals surface area contributed by atoms with Crippen LogP contribution in [0, 0.1) is 0 Å². The van der Waals surface area contributed by atoms with Gasteiger partial charge in [-0.05, 0) is 30.7 Å². The molecule has 9 heteroatoms. The molecule has 0 bridgehead atoms. The number of hydrogen-bond acceptors (Lipinski definition) is 4. The molecule has 130 valence electrons. The van der Waals surface area contributed by atoms with Crippen LogP contribution < -0.4 is 10.0 Å². The van der Waals surface area contributed by atoms with E-state index in [0.29, 0.717) is 11.6 Å². The number of halogens is 1. The topological polar surface area (TPSA) is 93.1 Å². The van der Waals surface area contributed by atoms with Crippen molar-refractivity contribution < 1.29 is 13.2 Å². The second kappa shape index (κ2) is 8.81. The monoisotopic (exact) mass is 370 g/mol. The predicted molar refractivity (Wildman–Crippen MR) is 91.1 cm³/mol. The third-order valence-electron chi connectivity index (χ3n) is 3.24. The van der Waals surface area contributed by atoms with Crippen LogP contribution in [0.15, 0.2) is 47.9 Å². The van der Waals surface area contributed by atoms with E-state index in [0.717, 1.165) is 13.0 Å². The first-order valence-corrected chi connectivity index (χ1v) is 9.31. The molecular formula is C15H19ClN4O3S. The lowest BCUT2D eigenvalue weighted by Gasteiger charge is -2.08. The number of nitrogens with zero attached hydrogens (tertiary/aromatic N) is 2. The summed E-state index contributed by atoms with van der Waals surface area (Å²) in [5.74, 6) is -0.195. The molecule has 1 heterocycles. The van der Waals surface area contributed by atoms with Gasteiger partial charge in [0.2, 0.25) is 15.9 Å². The van der Waals surface area contributed by atoms with E-state index in [1.165, 1.54) is 24.3 Å². The highest BCUT2D eigenvalue weighted by Crippen LogP contribution is 2.13. The fraction of sp³-hybridized carbons (Fsp3) is 0.333. The number of carbonyl (C=O) groups is 1. The maximum absolute atomic E-state index is 12.0. The summed E-state index contributed by atoms with van der Waals surface area (Å²) in [5.41, 5.74) is 0. The third kappa shape index (κ3) is 5.95. The molecule has 0 saturated heterocycles. The van der Waals surface area contributed by atoms with Crippen LogP contribution in [-0.2, 0) is 21.4 Å². The highest BCUT2D eigenvalue weighted by Gasteiger charge is 2.13. The molecule has 0 radical (unpaired) electrons. The lowest BCUT2D eigenvalue weighted by molar-refractivity contribution is -0.120. The zero-order valence-electron chi connectivity index (χ0n) is 13.0. The fourth-order valence-electron chi connectivity index (χ4n) is 1.99. The standard InChI is InChI=1S/C15H19ClN4O3S/c16-13-2-4-14(5-3-13)24(22,23)19-8-6-15(21)18-7-1-10-20-11-9-17-12-20/h2-5,9,11-12,19H,1,6-8,10H2,(H,18,21). The van der Waals surface area contributed by atoms with Gasteiger partial charge in [-0.2, -0.15) is 0 Å². The summed E-state index contributed by atoms with van der Waals surface area (Å²) >= 11 is 5.73. The van der Waals surface area contributed by atoms with Gasteiger partial charge in [0.25, 0.3) is 0 Å². The predicted octanol–water partition coefficient (Wildman–Crippen LogP) is 1.41. The van der Waals surface area contributed by atoms with Gasteiger partial charge in [-0.25, -0.2) is 18.1 Å². The normalized spacial score (nSPS) is 11.4. The van der Waals surface area contributed by atoms with Crippen LogP contribution in [-0.4, -0.2) is 37.0 Å². The fourth-order valence-corrected chi connectivity index (χ4v) is 3.15. The van der Waals surface area contributed by atoms with Gasteiger partial charge in [0.15, 0.2) is 0 Å². The number of imidazole rings is 1. The molecule has 0 unspecified atom stereocenters. The molecular weight excluding hydrogens is 352 g/mol. The largest absolute Gasteiger partial charge is 0.356 e. The van der Waals surface area contributed by atoms with Crippen LogP contribution >= 0.6 is 11.6 Å². The lowest BCUT2D eigenvalue weighted by Crippen LogP contribution is -2.31. The van der Waals surface area contributed by atoms with Gasteiger partial charge < -0.3 is 9.88 Å². The van der Waals surface area contributed by atoms with Crippen LogP contribution in [0.4, 0.5) is 0 Å². The maximum atomic E-state index is 12.0. The van der Waals surface area contributed by atoms with Gasteiger partial charge in [0, 0.05) is 43.5 Å². The number of carbonyl (C=O) groups excluding carboxylic acids is 1. The van der Waals surface area contributed by atoms with Crippen molar-refractivity contribution in [3.63, 3.8) is 0 Å². The smallest absolute Gasteiger partial charge is 0.240 e. The van der Waals surface area contributed by atoms with Gasteiger partial charge >= 0.3 is 0 Å². The number of amides is 1. The molecule has 24 heavy (non-hydrogen) atoms. The zero-order chi connectivity index (χ0) is 17.4. The molecule has 0 aliphatic rings. The first-order chi connectivity index (χ1) is 11.5. The molecule has 7 nitrogen and oxygen atoms in total. The van der Waals surface area contributed by atoms with Crippen LogP contribution in [0.2, 0.25) is 5.02 Å². The Labute approximate surface area is 146 Å². The van der Waals surface area contributed by atoms with E-state index < -0.39 is 10.0 Å². The van der Waals surface area contributed by atoms with Gasteiger partial charge in [-0.3, -0.25) is 4.79 Å². The lowest BCUT2D eigenvalue weighted by atomic mass is 10.3. The number of nitrogens with one attached hydrogen (secondary N) is 2. The van der Waals surface area contributed by atoms with Crippen molar-refractivity contribution in [3.05, 3.63) is 48.0 Å². The highest BCUT2D eigenvalue weighted by molar-refractivity contribution is 7.89. The molecule has 0 saturated carbocycles. The first-order valence-electron chi connectivity index (χ1n) is 7.45. The number of rotatable bonds is 9. The zero-order valence-corrected chi connectivity index (χ0v) is 14.6. The Morgan fingerprint density at radius 3 is 2.62 bits per heavy atom. The first kappa shape index (κ1) is 18.4. The summed E-state index contributed by atoms with van der Waals surface area (Å²) < 4.78 is 28.4. The van der Waals surface area contributed by atoms with E-state index in [-0.39, 0.29) is 23.8 Å². The van der Waals surface area contributed by atoms with Crippen LogP contribution in [0.25, 0.3) is 0 Å². The third-order valence-corrected chi connectivity index (χ3v) is 4.97. The van der Waals surface area contributed by atoms with Gasteiger partial charge in [-0.1, -0.05) is 11.6 Å². The van der Waals surface area contributed by atoms with Crippen LogP contribution in [0.5, 0.6) is 0 Å². The molecule has 1 amide bonds. The molecule has 0 aliphatic heterocycles. The number of benzene rings is 1. The summed E-state index contributed by atoms with van der Waals surface area (Å²) in [4.78, 5) is 15.7. The molecule has 0 fully saturated rings. The second-order valence-corrected chi connectivity index (χ2v) is 7.31. The molecule has 2 rings (SSSR count). The Hall–Kier alpha value is -1.90. The molecule has 0 aliphatic carbocycles. The van der Waals surface area contributed by atoms with Crippen molar-refractivity contribution in [2.24, 2.45) is 0 Å². The highest BCUT2D eigenvalue weighted by atomic mass is 35.5. The Morgan fingerprint density at radius 2 is 1.96 bits per heavy atom. The number of aryl methyl sites for hydroxylation is 1. The van der Waals surface area contributed by atoms with Crippen molar-refractivity contribution in [1.82, 2.24) is 19.6 Å². The van der Waals surface area contributed by atoms with Gasteiger partial charge in [0.1, 0.15) is 0 Å². The number of aromatic nitrogens is 2. The summed E-state index contributed by atoms with van der Waals surface area (Å²) in [5, 5.41) is 3.22. The minimum atomic E-state index is -3.63. The van der Waals surface area contributed by atoms with Gasteiger partial charge in [-0.15, -0.1) is 0 Å². The molecule has 1 aromatic heterocycles. The summed E-state index contributed by atoms with van der Waals surface area (Å²) in [7, 11) is -3.63. The van der Waals surface area contributed by atoms with E-state index in [4.69, 9.17) is 11.6 Å². The molecule has 0 spiro atoms. The minimum absolute atomic E-state index is 0.0400. The SMILES string of the molecule is O=C(CCNS(=O)(=O)c1ccc(Cl)cc1)NCCCn1ccnc1. The Morgan fingerprint density at radius 1 is 1.21 bits per heavy atom. The Balaban J connectivity index is 1.65. The van der Waals surface area contributed by atoms with Gasteiger partial charge in [0.05, 0.1) is 11.2 Å². The Bertz CT molecular complexity index is 746. The van der Waals surface area contributed by atoms with Crippen molar-refractivity contribution in [2.45, 2.75) is 24.3 Å². The Kier molecular flexibility index (Phi) is 6.77. The maximum Gasteiger partial charge on any atom is 0.240 e. The molecule has 2 aromatic rings. The van der Waals surface area contributed by atoms with E-state index in [1.807, 2.05) is 10.8 Å². The quantitative estimate of drug-likeness (QED) is 0.653. The average molecular weight is 371 g/mol. The number of hydrogen-bond donors (Lipinski definition) is 2. The van der Waals surface area contributed by atoms with Crippen LogP contribution in [0.1, 0.15) is 12.8 Å². The molecule has 2 N–H and O–H groups in total. The number of sulfonamides is 1. The van der Waals surface area contributed by atoms with E-state index in [1.54, 1.807) is 12.5 Å². The van der Waals surface area contributed by atoms with Crippen molar-refractivity contribution in [2.75, 3.05) is 13.1 Å². The molecule has 1 aromatic carbocycles. The van der Waals surface area contributed by atoms with E-state index in [9.17, 15) is 13.2 Å². The van der Waals surface area contributed by atoms with Crippen molar-refractivity contribution in [3.8, 4) is 0 Å². The summed E-state index contributed by atoms with van der Waals surface area (Å²) in [6.45, 7) is 1.34. The molecule has 0 atom stereocenters. The van der Waals surface area contributed by atoms with E-state index >= 15 is 0 Å².